The average Bonchev–Trinajstić information content (AvgIpc) is 3.11. The lowest BCUT2D eigenvalue weighted by atomic mass is 10.1. The minimum atomic E-state index is -0.477. The fourth-order valence-electron chi connectivity index (χ4n) is 2.39. The van der Waals surface area contributed by atoms with Gasteiger partial charge >= 0.3 is 5.97 Å². The van der Waals surface area contributed by atoms with Crippen LogP contribution in [0.15, 0.2) is 12.4 Å². The number of methoxy groups -OCH3 is 1. The molecule has 0 bridgehead atoms. The third-order valence-corrected chi connectivity index (χ3v) is 3.45. The van der Waals surface area contributed by atoms with Gasteiger partial charge in [0.1, 0.15) is 6.04 Å². The number of nitrogens with one attached hydrogen (secondary N) is 1. The smallest absolute Gasteiger partial charge is 0.327 e. The van der Waals surface area contributed by atoms with Crippen LogP contribution >= 0.6 is 0 Å². The van der Waals surface area contributed by atoms with Gasteiger partial charge in [-0.05, 0) is 19.3 Å². The van der Waals surface area contributed by atoms with Crippen molar-refractivity contribution < 1.29 is 14.3 Å². The van der Waals surface area contributed by atoms with Gasteiger partial charge in [0.15, 0.2) is 0 Å². The molecule has 1 saturated heterocycles. The highest BCUT2D eigenvalue weighted by Gasteiger charge is 2.25. The summed E-state index contributed by atoms with van der Waals surface area (Å²) in [6, 6.07) is -0.477. The predicted molar refractivity (Wildman–Crippen MR) is 74.3 cm³/mol. The lowest BCUT2D eigenvalue weighted by Crippen LogP contribution is -2.35. The first-order valence-electron chi connectivity index (χ1n) is 7.19. The van der Waals surface area contributed by atoms with Crippen LogP contribution in [0.25, 0.3) is 0 Å². The number of carbonyl (C=O) groups is 1. The Morgan fingerprint density at radius 2 is 2.55 bits per heavy atom. The van der Waals surface area contributed by atoms with E-state index in [4.69, 9.17) is 9.47 Å². The number of aryl methyl sites for hydroxylation is 1. The highest BCUT2D eigenvalue weighted by molar-refractivity contribution is 5.77. The van der Waals surface area contributed by atoms with Gasteiger partial charge in [0, 0.05) is 31.5 Å². The number of hydrogen-bond donors (Lipinski definition) is 1. The Hall–Kier alpha value is -1.40. The van der Waals surface area contributed by atoms with Gasteiger partial charge in [-0.3, -0.25) is 10.00 Å². The second-order valence-corrected chi connectivity index (χ2v) is 5.04. The molecule has 1 N–H and O–H groups in total. The molecule has 0 saturated carbocycles. The summed E-state index contributed by atoms with van der Waals surface area (Å²) in [6.45, 7) is 4.40. The topological polar surface area (TPSA) is 65.4 Å². The third kappa shape index (κ3) is 3.80. The summed E-state index contributed by atoms with van der Waals surface area (Å²) in [7, 11) is 1.40. The Morgan fingerprint density at radius 3 is 3.20 bits per heavy atom. The fourth-order valence-corrected chi connectivity index (χ4v) is 2.39. The average molecular weight is 281 g/mol. The minimum Gasteiger partial charge on any atom is -0.468 e. The van der Waals surface area contributed by atoms with Crippen LogP contribution in [0.1, 0.15) is 37.8 Å². The molecule has 1 aliphatic heterocycles. The molecular formula is C14H23N3O3. The maximum Gasteiger partial charge on any atom is 0.327 e. The number of aromatic nitrogens is 2. The first kappa shape index (κ1) is 15.0. The van der Waals surface area contributed by atoms with Gasteiger partial charge < -0.3 is 9.47 Å². The van der Waals surface area contributed by atoms with Crippen LogP contribution in [0.2, 0.25) is 0 Å². The molecule has 0 aliphatic carbocycles. The van der Waals surface area contributed by atoms with Gasteiger partial charge in [-0.1, -0.05) is 6.92 Å². The Balaban J connectivity index is 1.99. The van der Waals surface area contributed by atoms with Gasteiger partial charge in [-0.2, -0.15) is 5.10 Å². The summed E-state index contributed by atoms with van der Waals surface area (Å²) < 4.78 is 12.3. The van der Waals surface area contributed by atoms with E-state index in [0.717, 1.165) is 38.0 Å². The molecule has 2 heterocycles. The van der Waals surface area contributed by atoms with E-state index in [2.05, 4.69) is 17.3 Å². The monoisotopic (exact) mass is 281 g/mol. The van der Waals surface area contributed by atoms with E-state index in [-0.39, 0.29) is 12.1 Å². The maximum absolute atomic E-state index is 11.9. The van der Waals surface area contributed by atoms with E-state index in [0.29, 0.717) is 6.54 Å². The molecule has 1 aromatic rings. The number of carbonyl (C=O) groups excluding carboxylic acids is 1. The zero-order valence-corrected chi connectivity index (χ0v) is 12.2. The molecule has 112 valence electrons. The van der Waals surface area contributed by atoms with Gasteiger partial charge in [0.2, 0.25) is 0 Å². The van der Waals surface area contributed by atoms with Crippen molar-refractivity contribution in [2.75, 3.05) is 20.3 Å². The molecule has 1 fully saturated rings. The van der Waals surface area contributed by atoms with Crippen LogP contribution in [-0.4, -0.2) is 42.1 Å². The standard InChI is InChI=1S/C14H23N3O3/c1-3-6-17-10-11(8-16-17)13(14(18)19-2)15-9-12-5-4-7-20-12/h8,10,12-13,15H,3-7,9H2,1-2H3. The first-order valence-corrected chi connectivity index (χ1v) is 7.19. The number of nitrogens with zero attached hydrogens (tertiary/aromatic N) is 2. The quantitative estimate of drug-likeness (QED) is 0.763. The lowest BCUT2D eigenvalue weighted by molar-refractivity contribution is -0.143. The maximum atomic E-state index is 11.9. The Bertz CT molecular complexity index is 427. The SMILES string of the molecule is CCCn1cc(C(NCC2CCCO2)C(=O)OC)cn1. The molecule has 20 heavy (non-hydrogen) atoms. The van der Waals surface area contributed by atoms with E-state index in [1.54, 1.807) is 6.20 Å². The van der Waals surface area contributed by atoms with Crippen molar-refractivity contribution >= 4 is 5.97 Å². The zero-order valence-electron chi connectivity index (χ0n) is 12.2. The zero-order chi connectivity index (χ0) is 14.4. The highest BCUT2D eigenvalue weighted by atomic mass is 16.5. The van der Waals surface area contributed by atoms with Crippen LogP contribution in [0.5, 0.6) is 0 Å². The summed E-state index contributed by atoms with van der Waals surface area (Å²) in [6.07, 6.45) is 6.94. The molecule has 1 aromatic heterocycles. The van der Waals surface area contributed by atoms with E-state index in [9.17, 15) is 4.79 Å². The van der Waals surface area contributed by atoms with Gasteiger partial charge in [-0.15, -0.1) is 0 Å². The van der Waals surface area contributed by atoms with Crippen LogP contribution in [-0.2, 0) is 20.8 Å². The van der Waals surface area contributed by atoms with Crippen molar-refractivity contribution in [3.05, 3.63) is 18.0 Å². The summed E-state index contributed by atoms with van der Waals surface area (Å²) in [5, 5.41) is 7.49. The van der Waals surface area contributed by atoms with Crippen LogP contribution in [0.3, 0.4) is 0 Å². The molecule has 2 atom stereocenters. The number of ether oxygens (including phenoxy) is 2. The van der Waals surface area contributed by atoms with E-state index >= 15 is 0 Å². The molecule has 0 amide bonds. The van der Waals surface area contributed by atoms with Gasteiger partial charge in [0.25, 0.3) is 0 Å². The summed E-state index contributed by atoms with van der Waals surface area (Å²) in [5.41, 5.74) is 0.836. The highest BCUT2D eigenvalue weighted by Crippen LogP contribution is 2.16. The second-order valence-electron chi connectivity index (χ2n) is 5.04. The van der Waals surface area contributed by atoms with Crippen molar-refractivity contribution in [3.8, 4) is 0 Å². The fraction of sp³-hybridized carbons (Fsp3) is 0.714. The minimum absolute atomic E-state index is 0.188. The van der Waals surface area contributed by atoms with Gasteiger partial charge in [-0.25, -0.2) is 4.79 Å². The summed E-state index contributed by atoms with van der Waals surface area (Å²) in [5.74, 6) is -0.293. The molecule has 1 aliphatic rings. The predicted octanol–water partition coefficient (Wildman–Crippen LogP) is 1.28. The Kier molecular flexibility index (Phi) is 5.55. The van der Waals surface area contributed by atoms with Crippen LogP contribution in [0, 0.1) is 0 Å². The molecular weight excluding hydrogens is 258 g/mol. The molecule has 0 spiro atoms. The van der Waals surface area contributed by atoms with Gasteiger partial charge in [0.05, 0.1) is 19.4 Å². The van der Waals surface area contributed by atoms with Crippen molar-refractivity contribution in [1.82, 2.24) is 15.1 Å². The number of rotatable bonds is 7. The third-order valence-electron chi connectivity index (χ3n) is 3.45. The van der Waals surface area contributed by atoms with Crippen LogP contribution < -0.4 is 5.32 Å². The van der Waals surface area contributed by atoms with E-state index in [1.807, 2.05) is 10.9 Å². The molecule has 2 rings (SSSR count). The Morgan fingerprint density at radius 1 is 1.70 bits per heavy atom. The lowest BCUT2D eigenvalue weighted by Gasteiger charge is -2.17. The molecule has 6 nitrogen and oxygen atoms in total. The number of esters is 1. The van der Waals surface area contributed by atoms with Crippen LogP contribution in [0.4, 0.5) is 0 Å². The van der Waals surface area contributed by atoms with Crippen molar-refractivity contribution in [2.24, 2.45) is 0 Å². The largest absolute Gasteiger partial charge is 0.468 e. The molecule has 6 heteroatoms. The molecule has 2 unspecified atom stereocenters. The first-order chi connectivity index (χ1) is 9.74. The molecule has 0 radical (unpaired) electrons. The van der Waals surface area contributed by atoms with E-state index in [1.165, 1.54) is 7.11 Å². The second kappa shape index (κ2) is 7.40. The van der Waals surface area contributed by atoms with Crippen molar-refractivity contribution in [3.63, 3.8) is 0 Å². The van der Waals surface area contributed by atoms with Crippen molar-refractivity contribution in [2.45, 2.75) is 44.9 Å². The summed E-state index contributed by atoms with van der Waals surface area (Å²) >= 11 is 0. The van der Waals surface area contributed by atoms with E-state index < -0.39 is 6.04 Å². The molecule has 0 aromatic carbocycles. The Labute approximate surface area is 119 Å². The van der Waals surface area contributed by atoms with Crippen molar-refractivity contribution in [1.29, 1.82) is 0 Å². The summed E-state index contributed by atoms with van der Waals surface area (Å²) in [4.78, 5) is 11.9. The number of hydrogen-bond acceptors (Lipinski definition) is 5. The normalized spacial score (nSPS) is 20.0.